The molecule has 0 aliphatic heterocycles. The van der Waals surface area contributed by atoms with Crippen molar-refractivity contribution in [3.05, 3.63) is 47.0 Å². The van der Waals surface area contributed by atoms with Crippen molar-refractivity contribution in [2.24, 2.45) is 7.05 Å². The molecule has 0 aliphatic rings. The fraction of sp³-hybridized carbons (Fsp3) is 0.312. The van der Waals surface area contributed by atoms with Gasteiger partial charge in [-0.1, -0.05) is 18.8 Å². The first-order valence-corrected chi connectivity index (χ1v) is 6.68. The van der Waals surface area contributed by atoms with E-state index in [1.54, 1.807) is 4.68 Å². The monoisotopic (exact) mass is 288 g/mol. The highest BCUT2D eigenvalue weighted by Crippen LogP contribution is 2.20. The zero-order valence-corrected chi connectivity index (χ0v) is 12.1. The number of aromatic nitrogens is 2. The molecule has 110 valence electrons. The Balaban J connectivity index is 2.17. The number of benzene rings is 1. The molecule has 2 aromatic rings. The second-order valence-corrected chi connectivity index (χ2v) is 4.49. The molecule has 0 fully saturated rings. The van der Waals surface area contributed by atoms with Crippen molar-refractivity contribution < 1.29 is 14.2 Å². The van der Waals surface area contributed by atoms with Crippen molar-refractivity contribution in [1.82, 2.24) is 9.78 Å². The van der Waals surface area contributed by atoms with Crippen LogP contribution in [0.25, 0.3) is 0 Å². The summed E-state index contributed by atoms with van der Waals surface area (Å²) in [5, 5.41) is 13.1. The summed E-state index contributed by atoms with van der Waals surface area (Å²) in [5.74, 6) is 5.27. The molecule has 0 spiro atoms. The van der Waals surface area contributed by atoms with Gasteiger partial charge in [0.25, 0.3) is 0 Å². The fourth-order valence-electron chi connectivity index (χ4n) is 1.89. The molecule has 0 aliphatic carbocycles. The Morgan fingerprint density at radius 2 is 2.19 bits per heavy atom. The van der Waals surface area contributed by atoms with Crippen LogP contribution in [0.1, 0.15) is 23.9 Å². The molecular formula is C16H17FN2O2. The van der Waals surface area contributed by atoms with Gasteiger partial charge in [-0.25, -0.2) is 4.39 Å². The zero-order chi connectivity index (χ0) is 15.2. The summed E-state index contributed by atoms with van der Waals surface area (Å²) in [4.78, 5) is 0. The first kappa shape index (κ1) is 15.1. The summed E-state index contributed by atoms with van der Waals surface area (Å²) in [5.41, 5.74) is 2.34. The Bertz CT molecular complexity index is 683. The Kier molecular flexibility index (Phi) is 4.96. The van der Waals surface area contributed by atoms with Gasteiger partial charge in [0, 0.05) is 7.05 Å². The molecule has 0 saturated heterocycles. The molecule has 1 N–H and O–H groups in total. The lowest BCUT2D eigenvalue weighted by atomic mass is 10.2. The van der Waals surface area contributed by atoms with E-state index in [9.17, 15) is 4.39 Å². The lowest BCUT2D eigenvalue weighted by molar-refractivity contribution is 0.293. The van der Waals surface area contributed by atoms with Crippen LogP contribution in [0.15, 0.2) is 24.3 Å². The highest BCUT2D eigenvalue weighted by Gasteiger charge is 2.07. The Morgan fingerprint density at radius 1 is 1.38 bits per heavy atom. The number of aliphatic hydroxyl groups is 1. The molecule has 0 unspecified atom stereocenters. The molecule has 0 bridgehead atoms. The van der Waals surface area contributed by atoms with Crippen molar-refractivity contribution in [2.45, 2.75) is 20.0 Å². The second-order valence-electron chi connectivity index (χ2n) is 4.49. The maximum atomic E-state index is 13.3. The molecule has 0 amide bonds. The zero-order valence-electron chi connectivity index (χ0n) is 12.1. The average molecular weight is 288 g/mol. The van der Waals surface area contributed by atoms with E-state index in [4.69, 9.17) is 9.84 Å². The van der Waals surface area contributed by atoms with Crippen molar-refractivity contribution in [2.75, 3.05) is 6.61 Å². The molecule has 21 heavy (non-hydrogen) atoms. The molecule has 2 rings (SSSR count). The number of hydrogen-bond donors (Lipinski definition) is 1. The van der Waals surface area contributed by atoms with Gasteiger partial charge in [-0.3, -0.25) is 4.68 Å². The van der Waals surface area contributed by atoms with Crippen LogP contribution < -0.4 is 4.74 Å². The van der Waals surface area contributed by atoms with Crippen molar-refractivity contribution in [3.8, 4) is 17.6 Å². The first-order chi connectivity index (χ1) is 10.1. The largest absolute Gasteiger partial charge is 0.486 e. The van der Waals surface area contributed by atoms with Crippen LogP contribution in [0.2, 0.25) is 0 Å². The summed E-state index contributed by atoms with van der Waals surface area (Å²) in [6.07, 6.45) is 0.859. The average Bonchev–Trinajstić information content (AvgIpc) is 2.84. The minimum Gasteiger partial charge on any atom is -0.486 e. The SMILES string of the molecule is CCc1cc(COc2ccc(F)cc2C#CCO)n(C)n1. The second kappa shape index (κ2) is 6.91. The van der Waals surface area contributed by atoms with E-state index in [0.717, 1.165) is 17.8 Å². The number of aliphatic hydroxyl groups excluding tert-OH is 1. The molecular weight excluding hydrogens is 271 g/mol. The smallest absolute Gasteiger partial charge is 0.135 e. The number of aryl methyl sites for hydroxylation is 2. The molecule has 4 nitrogen and oxygen atoms in total. The van der Waals surface area contributed by atoms with Crippen molar-refractivity contribution >= 4 is 0 Å². The molecule has 1 aromatic heterocycles. The van der Waals surface area contributed by atoms with Crippen LogP contribution in [-0.4, -0.2) is 21.5 Å². The number of ether oxygens (including phenoxy) is 1. The maximum Gasteiger partial charge on any atom is 0.135 e. The van der Waals surface area contributed by atoms with Crippen LogP contribution in [-0.2, 0) is 20.1 Å². The lowest BCUT2D eigenvalue weighted by Crippen LogP contribution is -2.04. The molecule has 0 saturated carbocycles. The number of nitrogens with zero attached hydrogens (tertiary/aromatic N) is 2. The van der Waals surface area contributed by atoms with E-state index in [-0.39, 0.29) is 6.61 Å². The third-order valence-corrected chi connectivity index (χ3v) is 3.01. The van der Waals surface area contributed by atoms with Gasteiger partial charge in [0.2, 0.25) is 0 Å². The predicted molar refractivity (Wildman–Crippen MR) is 77.3 cm³/mol. The highest BCUT2D eigenvalue weighted by molar-refractivity contribution is 5.46. The summed E-state index contributed by atoms with van der Waals surface area (Å²) < 4.78 is 20.7. The van der Waals surface area contributed by atoms with Crippen LogP contribution in [0.5, 0.6) is 5.75 Å². The fourth-order valence-corrected chi connectivity index (χ4v) is 1.89. The molecule has 0 atom stereocenters. The van der Waals surface area contributed by atoms with Gasteiger partial charge in [-0.2, -0.15) is 5.10 Å². The highest BCUT2D eigenvalue weighted by atomic mass is 19.1. The van der Waals surface area contributed by atoms with E-state index in [0.29, 0.717) is 17.9 Å². The van der Waals surface area contributed by atoms with Gasteiger partial charge in [-0.15, -0.1) is 0 Å². The minimum atomic E-state index is -0.390. The van der Waals surface area contributed by atoms with Crippen LogP contribution in [0.4, 0.5) is 4.39 Å². The predicted octanol–water partition coefficient (Wildman–Crippen LogP) is 2.04. The Labute approximate surface area is 123 Å². The van der Waals surface area contributed by atoms with Crippen LogP contribution in [0, 0.1) is 17.7 Å². The Hall–Kier alpha value is -2.32. The molecule has 0 radical (unpaired) electrons. The summed E-state index contributed by atoms with van der Waals surface area (Å²) >= 11 is 0. The third-order valence-electron chi connectivity index (χ3n) is 3.01. The summed E-state index contributed by atoms with van der Waals surface area (Å²) in [6, 6.07) is 6.12. The van der Waals surface area contributed by atoms with Gasteiger partial charge in [-0.05, 0) is 30.7 Å². The van der Waals surface area contributed by atoms with Gasteiger partial charge >= 0.3 is 0 Å². The standard InChI is InChI=1S/C16H17FN2O2/c1-3-14-10-15(19(2)18-14)11-21-16-7-6-13(17)9-12(16)5-4-8-20/h6-7,9-10,20H,3,8,11H2,1-2H3. The van der Waals surface area contributed by atoms with Gasteiger partial charge < -0.3 is 9.84 Å². The van der Waals surface area contributed by atoms with Crippen LogP contribution >= 0.6 is 0 Å². The summed E-state index contributed by atoms with van der Waals surface area (Å²) in [6.45, 7) is 2.08. The summed E-state index contributed by atoms with van der Waals surface area (Å²) in [7, 11) is 1.86. The topological polar surface area (TPSA) is 47.3 Å². The first-order valence-electron chi connectivity index (χ1n) is 6.68. The lowest BCUT2D eigenvalue weighted by Gasteiger charge is -2.08. The van der Waals surface area contributed by atoms with E-state index in [1.807, 2.05) is 20.0 Å². The van der Waals surface area contributed by atoms with E-state index in [1.165, 1.54) is 18.2 Å². The quantitative estimate of drug-likeness (QED) is 0.876. The van der Waals surface area contributed by atoms with E-state index < -0.39 is 5.82 Å². The van der Waals surface area contributed by atoms with E-state index in [2.05, 4.69) is 16.9 Å². The van der Waals surface area contributed by atoms with Gasteiger partial charge in [0.15, 0.2) is 0 Å². The molecule has 1 aromatic carbocycles. The van der Waals surface area contributed by atoms with E-state index >= 15 is 0 Å². The maximum absolute atomic E-state index is 13.3. The minimum absolute atomic E-state index is 0.280. The molecule has 1 heterocycles. The number of rotatable bonds is 4. The number of halogens is 1. The van der Waals surface area contributed by atoms with Crippen molar-refractivity contribution in [1.29, 1.82) is 0 Å². The molecule has 5 heteroatoms. The van der Waals surface area contributed by atoms with Crippen LogP contribution in [0.3, 0.4) is 0 Å². The Morgan fingerprint density at radius 3 is 2.86 bits per heavy atom. The van der Waals surface area contributed by atoms with Gasteiger partial charge in [0.05, 0.1) is 17.0 Å². The number of hydrogen-bond acceptors (Lipinski definition) is 3. The van der Waals surface area contributed by atoms with Gasteiger partial charge in [0.1, 0.15) is 24.8 Å². The van der Waals surface area contributed by atoms with Crippen molar-refractivity contribution in [3.63, 3.8) is 0 Å². The third kappa shape index (κ3) is 3.83. The normalized spacial score (nSPS) is 10.1.